The molecule has 2 N–H and O–H groups in total. The molecule has 1 fully saturated rings. The maximum Gasteiger partial charge on any atom is 0.240 e. The van der Waals surface area contributed by atoms with Crippen LogP contribution in [0.1, 0.15) is 12.8 Å². The summed E-state index contributed by atoms with van der Waals surface area (Å²) in [5.41, 5.74) is 0. The lowest BCUT2D eigenvalue weighted by Gasteiger charge is -2.31. The Morgan fingerprint density at radius 3 is 2.41 bits per heavy atom. The number of aliphatic hydroxyl groups excluding tert-OH is 1. The van der Waals surface area contributed by atoms with Crippen LogP contribution in [-0.2, 0) is 10.0 Å². The van der Waals surface area contributed by atoms with E-state index in [0.29, 0.717) is 19.4 Å². The van der Waals surface area contributed by atoms with Crippen molar-refractivity contribution < 1.29 is 17.9 Å². The summed E-state index contributed by atoms with van der Waals surface area (Å²) in [4.78, 5) is 0.0544. The summed E-state index contributed by atoms with van der Waals surface area (Å²) in [5, 5.41) is 9.08. The molecule has 0 unspecified atom stereocenters. The van der Waals surface area contributed by atoms with Gasteiger partial charge in [-0.2, -0.15) is 0 Å². The number of aliphatic hydroxyl groups is 1. The highest BCUT2D eigenvalue weighted by molar-refractivity contribution is 7.89. The molecule has 4 nitrogen and oxygen atoms in total. The van der Waals surface area contributed by atoms with Crippen molar-refractivity contribution in [3.05, 3.63) is 30.1 Å². The summed E-state index contributed by atoms with van der Waals surface area (Å²) in [6.45, 7) is 0.316. The third-order valence-corrected chi connectivity index (χ3v) is 4.34. The Balaban J connectivity index is 1.96. The van der Waals surface area contributed by atoms with Crippen LogP contribution in [0.15, 0.2) is 29.2 Å². The number of halogens is 1. The molecule has 0 spiro atoms. The molecule has 1 aromatic carbocycles. The first-order valence-electron chi connectivity index (χ1n) is 5.40. The summed E-state index contributed by atoms with van der Waals surface area (Å²) in [7, 11) is -3.56. The van der Waals surface area contributed by atoms with Crippen molar-refractivity contribution in [1.29, 1.82) is 0 Å². The third-order valence-electron chi connectivity index (χ3n) is 2.90. The monoisotopic (exact) mass is 259 g/mol. The Bertz CT molecular complexity index is 480. The van der Waals surface area contributed by atoms with Crippen molar-refractivity contribution in [3.8, 4) is 0 Å². The number of rotatable bonds is 4. The highest BCUT2D eigenvalue weighted by Gasteiger charge is 2.28. The lowest BCUT2D eigenvalue weighted by molar-refractivity contribution is 0.0453. The molecule has 0 saturated heterocycles. The Labute approximate surface area is 99.5 Å². The van der Waals surface area contributed by atoms with Crippen LogP contribution in [0.25, 0.3) is 0 Å². The minimum atomic E-state index is -3.56. The van der Waals surface area contributed by atoms with E-state index in [1.165, 1.54) is 12.1 Å². The summed E-state index contributed by atoms with van der Waals surface area (Å²) < 4.78 is 38.7. The molecular weight excluding hydrogens is 245 g/mol. The molecule has 0 aromatic heterocycles. The van der Waals surface area contributed by atoms with E-state index < -0.39 is 15.8 Å². The van der Waals surface area contributed by atoms with Crippen LogP contribution in [0.4, 0.5) is 4.39 Å². The van der Waals surface area contributed by atoms with E-state index in [0.717, 1.165) is 12.1 Å². The van der Waals surface area contributed by atoms with E-state index in [-0.39, 0.29) is 16.9 Å². The second-order valence-corrected chi connectivity index (χ2v) is 6.06. The van der Waals surface area contributed by atoms with E-state index >= 15 is 0 Å². The molecule has 1 aliphatic carbocycles. The minimum absolute atomic E-state index is 0.0544. The number of hydrogen-bond acceptors (Lipinski definition) is 3. The molecule has 0 atom stereocenters. The summed E-state index contributed by atoms with van der Waals surface area (Å²) in [6, 6.07) is 4.68. The first kappa shape index (κ1) is 12.5. The fourth-order valence-electron chi connectivity index (χ4n) is 1.79. The van der Waals surface area contributed by atoms with Crippen LogP contribution in [0, 0.1) is 11.7 Å². The highest BCUT2D eigenvalue weighted by Crippen LogP contribution is 2.26. The van der Waals surface area contributed by atoms with Gasteiger partial charge in [0.05, 0.1) is 11.0 Å². The molecule has 1 aliphatic rings. The van der Waals surface area contributed by atoms with Crippen LogP contribution in [0.5, 0.6) is 0 Å². The van der Waals surface area contributed by atoms with Crippen LogP contribution < -0.4 is 4.72 Å². The molecule has 0 aliphatic heterocycles. The van der Waals surface area contributed by atoms with Gasteiger partial charge in [0.2, 0.25) is 10.0 Å². The van der Waals surface area contributed by atoms with Crippen LogP contribution in [-0.4, -0.2) is 26.2 Å². The lowest BCUT2D eigenvalue weighted by atomic mass is 9.83. The Morgan fingerprint density at radius 1 is 1.29 bits per heavy atom. The Kier molecular flexibility index (Phi) is 3.46. The summed E-state index contributed by atoms with van der Waals surface area (Å²) >= 11 is 0. The van der Waals surface area contributed by atoms with Gasteiger partial charge in [-0.05, 0) is 43.0 Å². The van der Waals surface area contributed by atoms with Gasteiger partial charge in [-0.15, -0.1) is 0 Å². The average molecular weight is 259 g/mol. The highest BCUT2D eigenvalue weighted by atomic mass is 32.2. The smallest absolute Gasteiger partial charge is 0.240 e. The van der Waals surface area contributed by atoms with Crippen molar-refractivity contribution in [2.75, 3.05) is 6.54 Å². The van der Waals surface area contributed by atoms with E-state index in [4.69, 9.17) is 5.11 Å². The second-order valence-electron chi connectivity index (χ2n) is 4.30. The van der Waals surface area contributed by atoms with Crippen molar-refractivity contribution >= 4 is 10.0 Å². The van der Waals surface area contributed by atoms with Gasteiger partial charge in [0.15, 0.2) is 0 Å². The molecule has 0 amide bonds. The van der Waals surface area contributed by atoms with Crippen LogP contribution in [0.3, 0.4) is 0 Å². The van der Waals surface area contributed by atoms with Crippen molar-refractivity contribution in [1.82, 2.24) is 4.72 Å². The zero-order chi connectivity index (χ0) is 12.5. The van der Waals surface area contributed by atoms with E-state index in [2.05, 4.69) is 4.72 Å². The molecule has 2 rings (SSSR count). The molecule has 94 valence electrons. The number of benzene rings is 1. The van der Waals surface area contributed by atoms with Crippen molar-refractivity contribution in [2.45, 2.75) is 23.8 Å². The summed E-state index contributed by atoms with van der Waals surface area (Å²) in [6.07, 6.45) is 0.966. The van der Waals surface area contributed by atoms with Crippen LogP contribution in [0.2, 0.25) is 0 Å². The fourth-order valence-corrected chi connectivity index (χ4v) is 2.91. The van der Waals surface area contributed by atoms with Crippen molar-refractivity contribution in [2.24, 2.45) is 5.92 Å². The number of nitrogens with one attached hydrogen (secondary N) is 1. The normalized spacial score (nSPS) is 24.4. The van der Waals surface area contributed by atoms with Gasteiger partial charge < -0.3 is 5.11 Å². The predicted molar refractivity (Wildman–Crippen MR) is 60.3 cm³/mol. The van der Waals surface area contributed by atoms with Crippen LogP contribution >= 0.6 is 0 Å². The van der Waals surface area contributed by atoms with Gasteiger partial charge in [-0.1, -0.05) is 0 Å². The van der Waals surface area contributed by atoms with Gasteiger partial charge in [0.1, 0.15) is 5.82 Å². The van der Waals surface area contributed by atoms with E-state index in [1.54, 1.807) is 0 Å². The molecule has 17 heavy (non-hydrogen) atoms. The van der Waals surface area contributed by atoms with Gasteiger partial charge in [-0.25, -0.2) is 17.5 Å². The predicted octanol–water partition coefficient (Wildman–Crippen LogP) is 0.875. The average Bonchev–Trinajstić information content (AvgIpc) is 2.23. The third kappa shape index (κ3) is 3.02. The molecular formula is C11H14FNO3S. The second kappa shape index (κ2) is 4.72. The molecule has 0 bridgehead atoms. The molecule has 6 heteroatoms. The maximum absolute atomic E-state index is 12.7. The van der Waals surface area contributed by atoms with Crippen molar-refractivity contribution in [3.63, 3.8) is 0 Å². The number of sulfonamides is 1. The zero-order valence-corrected chi connectivity index (χ0v) is 9.95. The first-order chi connectivity index (χ1) is 7.97. The standard InChI is InChI=1S/C11H14FNO3S/c12-9-1-3-11(4-2-9)17(15,16)13-7-8-5-10(14)6-8/h1-4,8,10,13-14H,5-7H2. The molecule has 1 aromatic rings. The van der Waals surface area contributed by atoms with E-state index in [1.807, 2.05) is 0 Å². The van der Waals surface area contributed by atoms with Gasteiger partial charge in [-0.3, -0.25) is 0 Å². The van der Waals surface area contributed by atoms with Gasteiger partial charge in [0.25, 0.3) is 0 Å². The lowest BCUT2D eigenvalue weighted by Crippen LogP contribution is -2.38. The minimum Gasteiger partial charge on any atom is -0.393 e. The van der Waals surface area contributed by atoms with Gasteiger partial charge in [0, 0.05) is 6.54 Å². The Hall–Kier alpha value is -0.980. The first-order valence-corrected chi connectivity index (χ1v) is 6.89. The topological polar surface area (TPSA) is 66.4 Å². The molecule has 0 heterocycles. The largest absolute Gasteiger partial charge is 0.393 e. The zero-order valence-electron chi connectivity index (χ0n) is 9.14. The molecule has 1 saturated carbocycles. The summed E-state index contributed by atoms with van der Waals surface area (Å²) in [5.74, 6) is -0.272. The van der Waals surface area contributed by atoms with Gasteiger partial charge >= 0.3 is 0 Å². The maximum atomic E-state index is 12.7. The quantitative estimate of drug-likeness (QED) is 0.843. The fraction of sp³-hybridized carbons (Fsp3) is 0.455. The van der Waals surface area contributed by atoms with E-state index in [9.17, 15) is 12.8 Å². The Morgan fingerprint density at radius 2 is 1.88 bits per heavy atom. The SMILES string of the molecule is O=S(=O)(NCC1CC(O)C1)c1ccc(F)cc1. The molecule has 0 radical (unpaired) electrons. The number of hydrogen-bond donors (Lipinski definition) is 2.